The lowest BCUT2D eigenvalue weighted by Crippen LogP contribution is -1.97. The van der Waals surface area contributed by atoms with Crippen molar-refractivity contribution in [3.05, 3.63) is 53.8 Å². The molecule has 0 amide bonds. The van der Waals surface area contributed by atoms with Crippen LogP contribution in [-0.4, -0.2) is 11.7 Å². The van der Waals surface area contributed by atoms with Gasteiger partial charge in [0.15, 0.2) is 5.75 Å². The predicted octanol–water partition coefficient (Wildman–Crippen LogP) is 2.74. The van der Waals surface area contributed by atoms with E-state index in [1.165, 1.54) is 18.2 Å². The summed E-state index contributed by atoms with van der Waals surface area (Å²) in [5, 5.41) is 8.97. The Morgan fingerprint density at radius 3 is 2.67 bits per heavy atom. The highest BCUT2D eigenvalue weighted by atomic mass is 19.1. The molecule has 0 bridgehead atoms. The average Bonchev–Trinajstić information content (AvgIpc) is 2.36. The lowest BCUT2D eigenvalue weighted by atomic mass is 10.1. The molecule has 0 aromatic heterocycles. The van der Waals surface area contributed by atoms with Gasteiger partial charge in [0.2, 0.25) is 0 Å². The highest BCUT2D eigenvalue weighted by Gasteiger charge is 2.07. The highest BCUT2D eigenvalue weighted by Crippen LogP contribution is 2.30. The lowest BCUT2D eigenvalue weighted by Gasteiger charge is -2.12. The van der Waals surface area contributed by atoms with E-state index in [-0.39, 0.29) is 12.4 Å². The molecule has 0 aliphatic carbocycles. The summed E-state index contributed by atoms with van der Waals surface area (Å²) in [5.74, 6) is 0.447. The summed E-state index contributed by atoms with van der Waals surface area (Å²) in [6.45, 7) is 0.0268. The van der Waals surface area contributed by atoms with E-state index in [9.17, 15) is 4.39 Å². The molecule has 0 aliphatic heterocycles. The van der Waals surface area contributed by atoms with Crippen LogP contribution in [0, 0.1) is 5.82 Å². The summed E-state index contributed by atoms with van der Waals surface area (Å²) in [7, 11) is 0. The second kappa shape index (κ2) is 5.51. The third-order valence-corrected chi connectivity index (χ3v) is 2.55. The Balaban J connectivity index is 2.30. The van der Waals surface area contributed by atoms with E-state index in [1.807, 2.05) is 18.2 Å². The Hall–Kier alpha value is -2.07. The molecular formula is C14H14FNO2. The maximum atomic E-state index is 13.1. The molecule has 0 aliphatic rings. The Morgan fingerprint density at radius 2 is 1.89 bits per heavy atom. The molecule has 3 N–H and O–H groups in total. The van der Waals surface area contributed by atoms with Crippen molar-refractivity contribution in [1.82, 2.24) is 0 Å². The highest BCUT2D eigenvalue weighted by molar-refractivity contribution is 5.54. The molecule has 0 radical (unpaired) electrons. The van der Waals surface area contributed by atoms with Crippen LogP contribution in [0.15, 0.2) is 42.5 Å². The van der Waals surface area contributed by atoms with Gasteiger partial charge in [-0.25, -0.2) is 4.39 Å². The van der Waals surface area contributed by atoms with E-state index >= 15 is 0 Å². The van der Waals surface area contributed by atoms with Gasteiger partial charge >= 0.3 is 0 Å². The van der Waals surface area contributed by atoms with Gasteiger partial charge in [0, 0.05) is 12.7 Å². The topological polar surface area (TPSA) is 55.5 Å². The molecule has 94 valence electrons. The Morgan fingerprint density at radius 1 is 1.11 bits per heavy atom. The minimum absolute atomic E-state index is 0.0268. The fourth-order valence-corrected chi connectivity index (χ4v) is 1.65. The van der Waals surface area contributed by atoms with Gasteiger partial charge in [-0.1, -0.05) is 18.2 Å². The third kappa shape index (κ3) is 2.78. The molecule has 0 heterocycles. The van der Waals surface area contributed by atoms with Gasteiger partial charge in [-0.2, -0.15) is 0 Å². The van der Waals surface area contributed by atoms with Crippen molar-refractivity contribution in [3.63, 3.8) is 0 Å². The number of aliphatic hydroxyl groups is 1. The molecular weight excluding hydrogens is 233 g/mol. The van der Waals surface area contributed by atoms with Crippen LogP contribution in [0.5, 0.6) is 11.5 Å². The number of nitrogen functional groups attached to an aromatic ring is 1. The van der Waals surface area contributed by atoms with Gasteiger partial charge in [0.25, 0.3) is 0 Å². The van der Waals surface area contributed by atoms with Crippen LogP contribution in [0.3, 0.4) is 0 Å². The van der Waals surface area contributed by atoms with E-state index in [2.05, 4.69) is 0 Å². The summed E-state index contributed by atoms with van der Waals surface area (Å²) in [6.07, 6.45) is 0.478. The van der Waals surface area contributed by atoms with Gasteiger partial charge in [-0.15, -0.1) is 0 Å². The van der Waals surface area contributed by atoms with E-state index in [1.54, 1.807) is 6.07 Å². The predicted molar refractivity (Wildman–Crippen MR) is 68.1 cm³/mol. The number of para-hydroxylation sites is 1. The Labute approximate surface area is 105 Å². The number of hydrogen-bond acceptors (Lipinski definition) is 3. The van der Waals surface area contributed by atoms with E-state index in [0.29, 0.717) is 17.9 Å². The molecule has 2 aromatic rings. The fraction of sp³-hybridized carbons (Fsp3) is 0.143. The first-order valence-electron chi connectivity index (χ1n) is 5.62. The number of aliphatic hydroxyl groups excluding tert-OH is 1. The molecule has 2 rings (SSSR count). The smallest absolute Gasteiger partial charge is 0.153 e. The van der Waals surface area contributed by atoms with Gasteiger partial charge in [0.1, 0.15) is 11.6 Å². The molecule has 3 nitrogen and oxygen atoms in total. The first-order valence-corrected chi connectivity index (χ1v) is 5.62. The summed E-state index contributed by atoms with van der Waals surface area (Å²) >= 11 is 0. The van der Waals surface area contributed by atoms with Crippen molar-refractivity contribution in [2.75, 3.05) is 12.3 Å². The van der Waals surface area contributed by atoms with E-state index in [4.69, 9.17) is 15.6 Å². The second-order valence-corrected chi connectivity index (χ2v) is 3.87. The van der Waals surface area contributed by atoms with Crippen LogP contribution in [-0.2, 0) is 6.42 Å². The first-order chi connectivity index (χ1) is 8.70. The quantitative estimate of drug-likeness (QED) is 0.817. The van der Waals surface area contributed by atoms with Crippen LogP contribution >= 0.6 is 0 Å². The Kier molecular flexibility index (Phi) is 3.79. The monoisotopic (exact) mass is 247 g/mol. The zero-order valence-corrected chi connectivity index (χ0v) is 9.77. The van der Waals surface area contributed by atoms with E-state index in [0.717, 1.165) is 5.56 Å². The van der Waals surface area contributed by atoms with Crippen molar-refractivity contribution < 1.29 is 14.2 Å². The van der Waals surface area contributed by atoms with Crippen LogP contribution in [0.1, 0.15) is 5.56 Å². The fourth-order valence-electron chi connectivity index (χ4n) is 1.65. The molecule has 0 unspecified atom stereocenters. The number of rotatable bonds is 4. The van der Waals surface area contributed by atoms with Crippen molar-refractivity contribution in [2.24, 2.45) is 0 Å². The van der Waals surface area contributed by atoms with Crippen LogP contribution in [0.25, 0.3) is 0 Å². The zero-order chi connectivity index (χ0) is 13.0. The number of anilines is 1. The summed E-state index contributed by atoms with van der Waals surface area (Å²) in [6, 6.07) is 11.3. The first kappa shape index (κ1) is 12.4. The van der Waals surface area contributed by atoms with Crippen LogP contribution in [0.4, 0.5) is 10.1 Å². The lowest BCUT2D eigenvalue weighted by molar-refractivity contribution is 0.298. The SMILES string of the molecule is Nc1ccc(F)cc1Oc1ccccc1CCO. The molecule has 2 aromatic carbocycles. The maximum Gasteiger partial charge on any atom is 0.153 e. The molecule has 0 saturated heterocycles. The third-order valence-electron chi connectivity index (χ3n) is 2.55. The van der Waals surface area contributed by atoms with Gasteiger partial charge in [-0.3, -0.25) is 0 Å². The number of benzene rings is 2. The van der Waals surface area contributed by atoms with Gasteiger partial charge in [-0.05, 0) is 30.2 Å². The van der Waals surface area contributed by atoms with Crippen LogP contribution in [0.2, 0.25) is 0 Å². The summed E-state index contributed by atoms with van der Waals surface area (Å²) in [5.41, 5.74) is 6.94. The van der Waals surface area contributed by atoms with Crippen LogP contribution < -0.4 is 10.5 Å². The van der Waals surface area contributed by atoms with Crippen molar-refractivity contribution in [1.29, 1.82) is 0 Å². The molecule has 0 saturated carbocycles. The largest absolute Gasteiger partial charge is 0.455 e. The maximum absolute atomic E-state index is 13.1. The molecule has 4 heteroatoms. The molecule has 0 spiro atoms. The van der Waals surface area contributed by atoms with Crippen molar-refractivity contribution in [2.45, 2.75) is 6.42 Å². The van der Waals surface area contributed by atoms with Crippen molar-refractivity contribution in [3.8, 4) is 11.5 Å². The molecule has 0 fully saturated rings. The number of ether oxygens (including phenoxy) is 1. The molecule has 0 atom stereocenters. The number of nitrogens with two attached hydrogens (primary N) is 1. The second-order valence-electron chi connectivity index (χ2n) is 3.87. The number of halogens is 1. The summed E-state index contributed by atoms with van der Waals surface area (Å²) in [4.78, 5) is 0. The standard InChI is InChI=1S/C14H14FNO2/c15-11-5-6-12(16)14(9-11)18-13-4-2-1-3-10(13)7-8-17/h1-6,9,17H,7-8,16H2. The minimum Gasteiger partial charge on any atom is -0.455 e. The minimum atomic E-state index is -0.404. The van der Waals surface area contributed by atoms with Gasteiger partial charge in [0.05, 0.1) is 5.69 Å². The van der Waals surface area contributed by atoms with Gasteiger partial charge < -0.3 is 15.6 Å². The average molecular weight is 247 g/mol. The molecule has 18 heavy (non-hydrogen) atoms. The normalized spacial score (nSPS) is 10.3. The zero-order valence-electron chi connectivity index (χ0n) is 9.77. The van der Waals surface area contributed by atoms with E-state index < -0.39 is 5.82 Å². The Bertz CT molecular complexity index is 543. The van der Waals surface area contributed by atoms with Crippen molar-refractivity contribution >= 4 is 5.69 Å². The number of hydrogen-bond donors (Lipinski definition) is 2. The summed E-state index contributed by atoms with van der Waals surface area (Å²) < 4.78 is 18.7.